The number of benzene rings is 1. The second-order valence-corrected chi connectivity index (χ2v) is 8.36. The zero-order valence-electron chi connectivity index (χ0n) is 16.4. The molecule has 0 saturated carbocycles. The van der Waals surface area contributed by atoms with Gasteiger partial charge in [-0.2, -0.15) is 0 Å². The summed E-state index contributed by atoms with van der Waals surface area (Å²) in [6.07, 6.45) is 1.62. The minimum atomic E-state index is -0.535. The average Bonchev–Trinajstić information content (AvgIpc) is 2.57. The lowest BCUT2D eigenvalue weighted by Gasteiger charge is -2.32. The molecule has 1 fully saturated rings. The number of ether oxygens (including phenoxy) is 1. The van der Waals surface area contributed by atoms with Crippen molar-refractivity contribution < 1.29 is 14.3 Å². The second-order valence-electron chi connectivity index (χ2n) is 7.92. The topological polar surface area (TPSA) is 70.7 Å². The molecule has 1 heterocycles. The van der Waals surface area contributed by atoms with Crippen molar-refractivity contribution in [3.8, 4) is 0 Å². The fourth-order valence-electron chi connectivity index (χ4n) is 2.98. The van der Waals surface area contributed by atoms with Crippen LogP contribution in [0.3, 0.4) is 0 Å². The number of alkyl carbamates (subject to hydrolysis) is 1. The lowest BCUT2D eigenvalue weighted by Crippen LogP contribution is -2.45. The summed E-state index contributed by atoms with van der Waals surface area (Å²) in [6, 6.07) is 8.12. The van der Waals surface area contributed by atoms with Crippen LogP contribution in [0, 0.1) is 0 Å². The summed E-state index contributed by atoms with van der Waals surface area (Å²) in [5.41, 5.74) is 0.710. The Kier molecular flexibility index (Phi) is 7.92. The van der Waals surface area contributed by atoms with E-state index in [0.29, 0.717) is 0 Å². The van der Waals surface area contributed by atoms with Gasteiger partial charge in [0.15, 0.2) is 0 Å². The highest BCUT2D eigenvalue weighted by atomic mass is 35.5. The lowest BCUT2D eigenvalue weighted by atomic mass is 10.0. The Balaban J connectivity index is 1.61. The molecule has 27 heavy (non-hydrogen) atoms. The van der Waals surface area contributed by atoms with Gasteiger partial charge in [-0.1, -0.05) is 23.7 Å². The van der Waals surface area contributed by atoms with Gasteiger partial charge in [-0.05, 0) is 51.3 Å². The Bertz CT molecular complexity index is 620. The first kappa shape index (κ1) is 21.5. The predicted molar refractivity (Wildman–Crippen MR) is 107 cm³/mol. The Morgan fingerprint density at radius 3 is 2.41 bits per heavy atom. The number of nitrogens with zero attached hydrogens (tertiary/aromatic N) is 1. The SMILES string of the molecule is CC(C)(C)OC(=O)NCCC(=O)NC1CCN(Cc2ccc(Cl)cc2)CC1. The smallest absolute Gasteiger partial charge is 0.407 e. The van der Waals surface area contributed by atoms with Crippen molar-refractivity contribution in [2.75, 3.05) is 19.6 Å². The highest BCUT2D eigenvalue weighted by Gasteiger charge is 2.21. The summed E-state index contributed by atoms with van der Waals surface area (Å²) >= 11 is 5.92. The van der Waals surface area contributed by atoms with Crippen molar-refractivity contribution in [2.24, 2.45) is 0 Å². The number of nitrogens with one attached hydrogen (secondary N) is 2. The van der Waals surface area contributed by atoms with Crippen LogP contribution in [0.2, 0.25) is 5.02 Å². The van der Waals surface area contributed by atoms with E-state index in [1.807, 2.05) is 24.3 Å². The fourth-order valence-corrected chi connectivity index (χ4v) is 3.10. The van der Waals surface area contributed by atoms with Gasteiger partial charge in [0.25, 0.3) is 0 Å². The molecular formula is C20H30ClN3O3. The third-order valence-corrected chi connectivity index (χ3v) is 4.54. The zero-order valence-corrected chi connectivity index (χ0v) is 17.1. The molecule has 0 bridgehead atoms. The number of hydrogen-bond acceptors (Lipinski definition) is 4. The summed E-state index contributed by atoms with van der Waals surface area (Å²) in [5.74, 6) is -0.0396. The Morgan fingerprint density at radius 2 is 1.81 bits per heavy atom. The van der Waals surface area contributed by atoms with E-state index in [1.54, 1.807) is 20.8 Å². The molecule has 1 aromatic rings. The number of rotatable bonds is 6. The van der Waals surface area contributed by atoms with Crippen LogP contribution in [-0.4, -0.2) is 48.2 Å². The molecule has 1 aromatic carbocycles. The maximum absolute atomic E-state index is 12.1. The van der Waals surface area contributed by atoms with E-state index in [2.05, 4.69) is 15.5 Å². The van der Waals surface area contributed by atoms with Crippen LogP contribution < -0.4 is 10.6 Å². The molecule has 6 nitrogen and oxygen atoms in total. The first-order valence-corrected chi connectivity index (χ1v) is 9.82. The Hall–Kier alpha value is -1.79. The van der Waals surface area contributed by atoms with Gasteiger partial charge >= 0.3 is 6.09 Å². The van der Waals surface area contributed by atoms with Crippen LogP contribution in [-0.2, 0) is 16.1 Å². The Morgan fingerprint density at radius 1 is 1.19 bits per heavy atom. The molecule has 0 unspecified atom stereocenters. The van der Waals surface area contributed by atoms with E-state index in [-0.39, 0.29) is 24.9 Å². The van der Waals surface area contributed by atoms with Crippen molar-refractivity contribution in [3.63, 3.8) is 0 Å². The zero-order chi connectivity index (χ0) is 19.9. The van der Waals surface area contributed by atoms with Gasteiger partial charge in [0.2, 0.25) is 5.91 Å². The number of piperidine rings is 1. The molecule has 0 atom stereocenters. The molecule has 1 aliphatic heterocycles. The van der Waals surface area contributed by atoms with Crippen molar-refractivity contribution in [3.05, 3.63) is 34.9 Å². The molecule has 2 rings (SSSR count). The van der Waals surface area contributed by atoms with Gasteiger partial charge in [0.1, 0.15) is 5.60 Å². The van der Waals surface area contributed by atoms with Crippen LogP contribution >= 0.6 is 11.6 Å². The number of carbonyl (C=O) groups excluding carboxylic acids is 2. The highest BCUT2D eigenvalue weighted by molar-refractivity contribution is 6.30. The largest absolute Gasteiger partial charge is 0.444 e. The maximum Gasteiger partial charge on any atom is 0.407 e. The van der Waals surface area contributed by atoms with Gasteiger partial charge in [0.05, 0.1) is 0 Å². The van der Waals surface area contributed by atoms with E-state index >= 15 is 0 Å². The average molecular weight is 396 g/mol. The molecule has 0 aliphatic carbocycles. The molecule has 7 heteroatoms. The van der Waals surface area contributed by atoms with E-state index in [1.165, 1.54) is 5.56 Å². The minimum absolute atomic E-state index is 0.0396. The van der Waals surface area contributed by atoms with Crippen molar-refractivity contribution >= 4 is 23.6 Å². The van der Waals surface area contributed by atoms with E-state index in [4.69, 9.17) is 16.3 Å². The molecule has 2 N–H and O–H groups in total. The van der Waals surface area contributed by atoms with Gasteiger partial charge in [-0.3, -0.25) is 9.69 Å². The second kappa shape index (κ2) is 9.95. The number of halogens is 1. The summed E-state index contributed by atoms with van der Waals surface area (Å²) in [7, 11) is 0. The summed E-state index contributed by atoms with van der Waals surface area (Å²) in [5, 5.41) is 6.41. The molecule has 0 radical (unpaired) electrons. The van der Waals surface area contributed by atoms with Crippen molar-refractivity contribution in [1.82, 2.24) is 15.5 Å². The molecule has 150 valence electrons. The number of amides is 2. The van der Waals surface area contributed by atoms with Gasteiger partial charge in [-0.15, -0.1) is 0 Å². The molecular weight excluding hydrogens is 366 g/mol. The van der Waals surface area contributed by atoms with Crippen LogP contribution in [0.25, 0.3) is 0 Å². The van der Waals surface area contributed by atoms with E-state index in [9.17, 15) is 9.59 Å². The van der Waals surface area contributed by atoms with Crippen LogP contribution in [0.4, 0.5) is 4.79 Å². The van der Waals surface area contributed by atoms with Crippen LogP contribution in [0.5, 0.6) is 0 Å². The van der Waals surface area contributed by atoms with Gasteiger partial charge in [0, 0.05) is 43.7 Å². The first-order valence-electron chi connectivity index (χ1n) is 9.44. The van der Waals surface area contributed by atoms with Crippen LogP contribution in [0.1, 0.15) is 45.6 Å². The quantitative estimate of drug-likeness (QED) is 0.775. The number of carbonyl (C=O) groups is 2. The summed E-state index contributed by atoms with van der Waals surface area (Å²) in [6.45, 7) is 8.48. The molecule has 2 amide bonds. The van der Waals surface area contributed by atoms with Gasteiger partial charge < -0.3 is 15.4 Å². The summed E-state index contributed by atoms with van der Waals surface area (Å²) in [4.78, 5) is 26.0. The third-order valence-electron chi connectivity index (χ3n) is 4.29. The monoisotopic (exact) mass is 395 g/mol. The van der Waals surface area contributed by atoms with Crippen LogP contribution in [0.15, 0.2) is 24.3 Å². The Labute approximate surface area is 166 Å². The lowest BCUT2D eigenvalue weighted by molar-refractivity contribution is -0.122. The fraction of sp³-hybridized carbons (Fsp3) is 0.600. The number of likely N-dealkylation sites (tertiary alicyclic amines) is 1. The standard InChI is InChI=1S/C20H30ClN3O3/c1-20(2,3)27-19(26)22-11-8-18(25)23-17-9-12-24(13-10-17)14-15-4-6-16(21)7-5-15/h4-7,17H,8-14H2,1-3H3,(H,22,26)(H,23,25). The normalized spacial score (nSPS) is 16.0. The molecule has 1 aliphatic rings. The predicted octanol–water partition coefficient (Wildman–Crippen LogP) is 3.34. The summed E-state index contributed by atoms with van der Waals surface area (Å²) < 4.78 is 5.14. The third kappa shape index (κ3) is 8.63. The van der Waals surface area contributed by atoms with Crippen molar-refractivity contribution in [2.45, 2.75) is 58.2 Å². The van der Waals surface area contributed by atoms with E-state index < -0.39 is 11.7 Å². The first-order chi connectivity index (χ1) is 12.7. The molecule has 0 spiro atoms. The van der Waals surface area contributed by atoms with Gasteiger partial charge in [-0.25, -0.2) is 4.79 Å². The minimum Gasteiger partial charge on any atom is -0.444 e. The molecule has 1 saturated heterocycles. The van der Waals surface area contributed by atoms with Crippen molar-refractivity contribution in [1.29, 1.82) is 0 Å². The highest BCUT2D eigenvalue weighted by Crippen LogP contribution is 2.16. The number of hydrogen-bond donors (Lipinski definition) is 2. The maximum atomic E-state index is 12.1. The van der Waals surface area contributed by atoms with E-state index in [0.717, 1.165) is 37.5 Å². The molecule has 0 aromatic heterocycles.